The molecule has 6 heteroatoms. The maximum absolute atomic E-state index is 6.20. The predicted molar refractivity (Wildman–Crippen MR) is 88.1 cm³/mol. The number of hydrogen-bond donors (Lipinski definition) is 2. The van der Waals surface area contributed by atoms with E-state index in [2.05, 4.69) is 15.2 Å². The van der Waals surface area contributed by atoms with Crippen molar-refractivity contribution in [2.45, 2.75) is 19.4 Å². The quantitative estimate of drug-likeness (QED) is 0.725. The molecule has 0 saturated heterocycles. The van der Waals surface area contributed by atoms with Crippen LogP contribution in [0.2, 0.25) is 5.15 Å². The Morgan fingerprint density at radius 3 is 2.68 bits per heavy atom. The Bertz CT molecular complexity index is 836. The molecule has 3 rings (SSSR count). The molecule has 0 bridgehead atoms. The number of nitrogens with one attached hydrogen (secondary N) is 1. The summed E-state index contributed by atoms with van der Waals surface area (Å²) in [4.78, 5) is 4.23. The molecule has 0 aliphatic carbocycles. The lowest BCUT2D eigenvalue weighted by Gasteiger charge is -2.20. The maximum atomic E-state index is 6.20. The summed E-state index contributed by atoms with van der Waals surface area (Å²) < 4.78 is 5.47. The van der Waals surface area contributed by atoms with Crippen molar-refractivity contribution < 1.29 is 4.74 Å². The highest BCUT2D eigenvalue weighted by atomic mass is 35.5. The van der Waals surface area contributed by atoms with E-state index in [4.69, 9.17) is 22.1 Å². The standard InChI is InChI=1S/C16H17ClN4O/c1-16(2,18)9-4-6-12(22-3)11(8-9)14-10-5-7-13(17)19-15(10)21-20-14/h4-8H,18H2,1-3H3,(H,19,20,21). The summed E-state index contributed by atoms with van der Waals surface area (Å²) in [5.41, 5.74) is 9.03. The first-order valence-electron chi connectivity index (χ1n) is 6.88. The summed E-state index contributed by atoms with van der Waals surface area (Å²) in [6, 6.07) is 9.51. The second-order valence-corrected chi connectivity index (χ2v) is 6.13. The van der Waals surface area contributed by atoms with Crippen LogP contribution in [0.15, 0.2) is 30.3 Å². The van der Waals surface area contributed by atoms with Gasteiger partial charge in [0.25, 0.3) is 0 Å². The molecule has 1 aromatic carbocycles. The zero-order valence-corrected chi connectivity index (χ0v) is 13.4. The minimum Gasteiger partial charge on any atom is -0.496 e. The van der Waals surface area contributed by atoms with Gasteiger partial charge in [-0.25, -0.2) is 4.98 Å². The van der Waals surface area contributed by atoms with Gasteiger partial charge in [-0.3, -0.25) is 5.10 Å². The topological polar surface area (TPSA) is 76.8 Å². The number of aromatic nitrogens is 3. The van der Waals surface area contributed by atoms with Crippen LogP contribution in [-0.2, 0) is 5.54 Å². The first-order valence-corrected chi connectivity index (χ1v) is 7.26. The van der Waals surface area contributed by atoms with Gasteiger partial charge >= 0.3 is 0 Å². The molecule has 0 fully saturated rings. The molecule has 0 spiro atoms. The second-order valence-electron chi connectivity index (χ2n) is 5.74. The fourth-order valence-corrected chi connectivity index (χ4v) is 2.53. The summed E-state index contributed by atoms with van der Waals surface area (Å²) in [6.45, 7) is 3.92. The van der Waals surface area contributed by atoms with Gasteiger partial charge in [0.2, 0.25) is 0 Å². The van der Waals surface area contributed by atoms with Crippen LogP contribution >= 0.6 is 11.6 Å². The molecule has 3 N–H and O–H groups in total. The number of H-pyrrole nitrogens is 1. The van der Waals surface area contributed by atoms with Crippen molar-refractivity contribution in [3.63, 3.8) is 0 Å². The first kappa shape index (κ1) is 14.8. The number of pyridine rings is 1. The second kappa shape index (κ2) is 5.26. The van der Waals surface area contributed by atoms with E-state index < -0.39 is 5.54 Å². The highest BCUT2D eigenvalue weighted by Crippen LogP contribution is 2.35. The van der Waals surface area contributed by atoms with Crippen molar-refractivity contribution in [1.82, 2.24) is 15.2 Å². The largest absolute Gasteiger partial charge is 0.496 e. The average Bonchev–Trinajstić information content (AvgIpc) is 2.88. The van der Waals surface area contributed by atoms with Gasteiger partial charge in [0.1, 0.15) is 16.6 Å². The highest BCUT2D eigenvalue weighted by molar-refractivity contribution is 6.29. The van der Waals surface area contributed by atoms with E-state index in [0.29, 0.717) is 10.8 Å². The predicted octanol–water partition coefficient (Wildman–Crippen LogP) is 3.48. The molecule has 114 valence electrons. The number of benzene rings is 1. The first-order chi connectivity index (χ1) is 10.4. The third kappa shape index (κ3) is 2.53. The van der Waals surface area contributed by atoms with Crippen LogP contribution in [0.3, 0.4) is 0 Å². The minimum atomic E-state index is -0.450. The van der Waals surface area contributed by atoms with Gasteiger partial charge in [-0.15, -0.1) is 0 Å². The normalized spacial score (nSPS) is 11.9. The molecule has 0 radical (unpaired) electrons. The average molecular weight is 317 g/mol. The summed E-state index contributed by atoms with van der Waals surface area (Å²) in [5.74, 6) is 0.733. The van der Waals surface area contributed by atoms with Crippen molar-refractivity contribution in [3.8, 4) is 17.0 Å². The van der Waals surface area contributed by atoms with Crippen LogP contribution in [0.4, 0.5) is 0 Å². The Kier molecular flexibility index (Phi) is 3.54. The fourth-order valence-electron chi connectivity index (χ4n) is 2.38. The maximum Gasteiger partial charge on any atom is 0.157 e. The molecule has 0 unspecified atom stereocenters. The molecule has 0 saturated carbocycles. The van der Waals surface area contributed by atoms with Crippen LogP contribution in [0, 0.1) is 0 Å². The van der Waals surface area contributed by atoms with Crippen LogP contribution in [-0.4, -0.2) is 22.3 Å². The van der Waals surface area contributed by atoms with Crippen molar-refractivity contribution in [3.05, 3.63) is 41.0 Å². The van der Waals surface area contributed by atoms with Crippen LogP contribution in [0.1, 0.15) is 19.4 Å². The zero-order valence-electron chi connectivity index (χ0n) is 12.6. The lowest BCUT2D eigenvalue weighted by molar-refractivity contribution is 0.415. The molecule has 0 atom stereocenters. The third-order valence-electron chi connectivity index (χ3n) is 3.59. The van der Waals surface area contributed by atoms with Crippen LogP contribution in [0.25, 0.3) is 22.3 Å². The van der Waals surface area contributed by atoms with Crippen LogP contribution < -0.4 is 10.5 Å². The minimum absolute atomic E-state index is 0.423. The molecular weight excluding hydrogens is 300 g/mol. The Balaban J connectivity index is 2.24. The highest BCUT2D eigenvalue weighted by Gasteiger charge is 2.19. The van der Waals surface area contributed by atoms with Gasteiger partial charge < -0.3 is 10.5 Å². The summed E-state index contributed by atoms with van der Waals surface area (Å²) in [7, 11) is 1.63. The van der Waals surface area contributed by atoms with E-state index >= 15 is 0 Å². The Morgan fingerprint density at radius 1 is 1.23 bits per heavy atom. The third-order valence-corrected chi connectivity index (χ3v) is 3.80. The Morgan fingerprint density at radius 2 is 2.00 bits per heavy atom. The number of rotatable bonds is 3. The molecule has 5 nitrogen and oxygen atoms in total. The molecule has 0 amide bonds. The summed E-state index contributed by atoms with van der Waals surface area (Å²) in [5, 5.41) is 8.58. The van der Waals surface area contributed by atoms with Crippen molar-refractivity contribution >= 4 is 22.6 Å². The summed E-state index contributed by atoms with van der Waals surface area (Å²) in [6.07, 6.45) is 0. The number of nitrogens with two attached hydrogens (primary N) is 1. The van der Waals surface area contributed by atoms with Crippen LogP contribution in [0.5, 0.6) is 5.75 Å². The number of halogens is 1. The van der Waals surface area contributed by atoms with Gasteiger partial charge in [-0.2, -0.15) is 5.10 Å². The molecular formula is C16H17ClN4O. The van der Waals surface area contributed by atoms with E-state index in [9.17, 15) is 0 Å². The molecule has 2 heterocycles. The van der Waals surface area contributed by atoms with Crippen molar-refractivity contribution in [2.24, 2.45) is 5.73 Å². The number of nitrogens with zero attached hydrogens (tertiary/aromatic N) is 2. The van der Waals surface area contributed by atoms with Crippen molar-refractivity contribution in [1.29, 1.82) is 0 Å². The molecule has 2 aromatic heterocycles. The lowest BCUT2D eigenvalue weighted by atomic mass is 9.92. The molecule has 0 aliphatic rings. The Labute approximate surface area is 133 Å². The zero-order chi connectivity index (χ0) is 15.9. The number of hydrogen-bond acceptors (Lipinski definition) is 4. The van der Waals surface area contributed by atoms with Gasteiger partial charge in [0.15, 0.2) is 5.65 Å². The SMILES string of the molecule is COc1ccc(C(C)(C)N)cc1-c1n[nH]c2nc(Cl)ccc12. The van der Waals surface area contributed by atoms with Crippen molar-refractivity contribution in [2.75, 3.05) is 7.11 Å². The number of methoxy groups -OCH3 is 1. The van der Waals surface area contributed by atoms with E-state index in [1.54, 1.807) is 13.2 Å². The Hall–Kier alpha value is -2.11. The van der Waals surface area contributed by atoms with E-state index in [0.717, 1.165) is 28.0 Å². The van der Waals surface area contributed by atoms with E-state index in [-0.39, 0.29) is 0 Å². The number of aromatic amines is 1. The molecule has 0 aliphatic heterocycles. The number of ether oxygens (including phenoxy) is 1. The van der Waals surface area contributed by atoms with Gasteiger partial charge in [0.05, 0.1) is 7.11 Å². The van der Waals surface area contributed by atoms with Gasteiger partial charge in [0, 0.05) is 16.5 Å². The molecule has 22 heavy (non-hydrogen) atoms. The fraction of sp³-hybridized carbons (Fsp3) is 0.250. The van der Waals surface area contributed by atoms with E-state index in [1.807, 2.05) is 38.1 Å². The van der Waals surface area contributed by atoms with Gasteiger partial charge in [-0.05, 0) is 43.7 Å². The number of fused-ring (bicyclic) bond motifs is 1. The van der Waals surface area contributed by atoms with Gasteiger partial charge in [-0.1, -0.05) is 17.7 Å². The molecule has 3 aromatic rings. The monoisotopic (exact) mass is 316 g/mol. The van der Waals surface area contributed by atoms with E-state index in [1.165, 1.54) is 0 Å². The summed E-state index contributed by atoms with van der Waals surface area (Å²) >= 11 is 5.92. The lowest BCUT2D eigenvalue weighted by Crippen LogP contribution is -2.28. The smallest absolute Gasteiger partial charge is 0.157 e.